The van der Waals surface area contributed by atoms with Gasteiger partial charge in [-0.1, -0.05) is 67.5 Å². The summed E-state index contributed by atoms with van der Waals surface area (Å²) in [4.78, 5) is 0. The molecule has 1 N–H and O–H groups in total. The van der Waals surface area contributed by atoms with E-state index in [0.717, 1.165) is 29.7 Å². The molecule has 1 heteroatoms. The Balaban J connectivity index is 2.80. The van der Waals surface area contributed by atoms with Crippen LogP contribution in [-0.2, 0) is 0 Å². The van der Waals surface area contributed by atoms with Gasteiger partial charge in [0, 0.05) is 0 Å². The maximum absolute atomic E-state index is 10.4. The highest BCUT2D eigenvalue weighted by Crippen LogP contribution is 2.35. The van der Waals surface area contributed by atoms with Crippen LogP contribution in [0.3, 0.4) is 0 Å². The summed E-state index contributed by atoms with van der Waals surface area (Å²) in [6.45, 7) is 18.5. The molecule has 0 amide bonds. The van der Waals surface area contributed by atoms with Gasteiger partial charge in [-0.15, -0.1) is 0 Å². The second kappa shape index (κ2) is 10.2. The fourth-order valence-electron chi connectivity index (χ4n) is 4.55. The Bertz CT molecular complexity index is 503. The van der Waals surface area contributed by atoms with Crippen LogP contribution in [-0.4, -0.2) is 5.11 Å². The normalized spacial score (nSPS) is 16.9. The molecular formula is C24H42O. The highest BCUT2D eigenvalue weighted by Gasteiger charge is 2.18. The quantitative estimate of drug-likeness (QED) is 0.459. The van der Waals surface area contributed by atoms with Gasteiger partial charge in [0.05, 0.1) is 0 Å². The first-order chi connectivity index (χ1) is 11.6. The summed E-state index contributed by atoms with van der Waals surface area (Å²) in [5.74, 6) is 4.37. The fourth-order valence-corrected chi connectivity index (χ4v) is 4.55. The van der Waals surface area contributed by atoms with Gasteiger partial charge >= 0.3 is 0 Å². The maximum Gasteiger partial charge on any atom is 0.119 e. The molecule has 4 unspecified atom stereocenters. The number of phenols is 1. The molecule has 25 heavy (non-hydrogen) atoms. The van der Waals surface area contributed by atoms with Crippen LogP contribution in [0.2, 0.25) is 0 Å². The van der Waals surface area contributed by atoms with Gasteiger partial charge in [0.15, 0.2) is 0 Å². The second-order valence-electron chi connectivity index (χ2n) is 9.56. The van der Waals surface area contributed by atoms with Crippen molar-refractivity contribution in [2.75, 3.05) is 0 Å². The molecule has 0 aliphatic rings. The smallest absolute Gasteiger partial charge is 0.119 e. The maximum atomic E-state index is 10.4. The Morgan fingerprint density at radius 3 is 1.64 bits per heavy atom. The van der Waals surface area contributed by atoms with Crippen molar-refractivity contribution in [3.05, 3.63) is 29.3 Å². The molecule has 144 valence electrons. The molecule has 0 spiro atoms. The number of benzene rings is 1. The van der Waals surface area contributed by atoms with Crippen LogP contribution in [0.25, 0.3) is 0 Å². The minimum atomic E-state index is 0.411. The molecule has 1 aromatic rings. The minimum Gasteiger partial charge on any atom is -0.508 e. The Hall–Kier alpha value is -0.980. The molecule has 1 rings (SSSR count). The van der Waals surface area contributed by atoms with Crippen LogP contribution in [0.15, 0.2) is 18.2 Å². The molecular weight excluding hydrogens is 304 g/mol. The Morgan fingerprint density at radius 2 is 1.16 bits per heavy atom. The Morgan fingerprint density at radius 1 is 0.680 bits per heavy atom. The van der Waals surface area contributed by atoms with E-state index in [1.165, 1.54) is 24.8 Å². The van der Waals surface area contributed by atoms with Crippen molar-refractivity contribution in [3.63, 3.8) is 0 Å². The summed E-state index contributed by atoms with van der Waals surface area (Å²) in [6, 6.07) is 6.31. The van der Waals surface area contributed by atoms with Crippen molar-refractivity contribution >= 4 is 0 Å². The SMILES string of the molecule is CC(C)CC(C)CC(C)c1ccc(O)c(C(C)CC(C)CC(C)C)c1. The molecule has 0 aromatic heterocycles. The monoisotopic (exact) mass is 346 g/mol. The first-order valence-corrected chi connectivity index (χ1v) is 10.4. The molecule has 0 bridgehead atoms. The molecule has 0 saturated heterocycles. The van der Waals surface area contributed by atoms with Gasteiger partial charge in [0.25, 0.3) is 0 Å². The van der Waals surface area contributed by atoms with Crippen LogP contribution >= 0.6 is 0 Å². The van der Waals surface area contributed by atoms with Crippen LogP contribution < -0.4 is 0 Å². The van der Waals surface area contributed by atoms with Crippen LogP contribution in [0, 0.1) is 23.7 Å². The van der Waals surface area contributed by atoms with E-state index in [1.54, 1.807) is 0 Å². The van der Waals surface area contributed by atoms with Gasteiger partial charge in [0.2, 0.25) is 0 Å². The van der Waals surface area contributed by atoms with E-state index in [2.05, 4.69) is 67.5 Å². The van der Waals surface area contributed by atoms with Gasteiger partial charge in [-0.25, -0.2) is 0 Å². The summed E-state index contributed by atoms with van der Waals surface area (Å²) in [6.07, 6.45) is 4.92. The van der Waals surface area contributed by atoms with Crippen molar-refractivity contribution in [2.24, 2.45) is 23.7 Å². The van der Waals surface area contributed by atoms with E-state index >= 15 is 0 Å². The van der Waals surface area contributed by atoms with Crippen LogP contribution in [0.4, 0.5) is 0 Å². The third-order valence-corrected chi connectivity index (χ3v) is 5.41. The second-order valence-corrected chi connectivity index (χ2v) is 9.56. The zero-order chi connectivity index (χ0) is 19.1. The van der Waals surface area contributed by atoms with Gasteiger partial charge in [-0.3, -0.25) is 0 Å². The van der Waals surface area contributed by atoms with Crippen molar-refractivity contribution in [1.82, 2.24) is 0 Å². The standard InChI is InChI=1S/C24H42O/c1-16(2)11-18(5)13-20(7)22-9-10-24(25)23(15-22)21(8)14-19(6)12-17(3)4/h9-10,15-21,25H,11-14H2,1-8H3. The van der Waals surface area contributed by atoms with Crippen molar-refractivity contribution < 1.29 is 5.11 Å². The lowest BCUT2D eigenvalue weighted by Crippen LogP contribution is -2.08. The lowest BCUT2D eigenvalue weighted by molar-refractivity contribution is 0.384. The third kappa shape index (κ3) is 7.84. The van der Waals surface area contributed by atoms with Gasteiger partial charge in [0.1, 0.15) is 5.75 Å². The third-order valence-electron chi connectivity index (χ3n) is 5.41. The first-order valence-electron chi connectivity index (χ1n) is 10.4. The lowest BCUT2D eigenvalue weighted by Gasteiger charge is -2.23. The summed E-state index contributed by atoms with van der Waals surface area (Å²) in [7, 11) is 0. The molecule has 0 heterocycles. The summed E-state index contributed by atoms with van der Waals surface area (Å²) < 4.78 is 0. The summed E-state index contributed by atoms with van der Waals surface area (Å²) >= 11 is 0. The molecule has 0 radical (unpaired) electrons. The topological polar surface area (TPSA) is 20.2 Å². The Labute approximate surface area is 157 Å². The summed E-state index contributed by atoms with van der Waals surface area (Å²) in [5.41, 5.74) is 2.52. The first kappa shape index (κ1) is 22.1. The van der Waals surface area contributed by atoms with E-state index in [9.17, 15) is 5.11 Å². The van der Waals surface area contributed by atoms with E-state index in [-0.39, 0.29) is 0 Å². The molecule has 4 atom stereocenters. The summed E-state index contributed by atoms with van der Waals surface area (Å²) in [5, 5.41) is 10.4. The van der Waals surface area contributed by atoms with Gasteiger partial charge in [-0.05, 0) is 78.4 Å². The van der Waals surface area contributed by atoms with Crippen molar-refractivity contribution in [2.45, 2.75) is 92.9 Å². The highest BCUT2D eigenvalue weighted by molar-refractivity contribution is 5.39. The molecule has 0 saturated carbocycles. The van der Waals surface area contributed by atoms with Crippen LogP contribution in [0.1, 0.15) is 104 Å². The van der Waals surface area contributed by atoms with Gasteiger partial charge in [-0.2, -0.15) is 0 Å². The van der Waals surface area contributed by atoms with Crippen molar-refractivity contribution in [3.8, 4) is 5.75 Å². The van der Waals surface area contributed by atoms with E-state index < -0.39 is 0 Å². The predicted molar refractivity (Wildman–Crippen MR) is 111 cm³/mol. The molecule has 0 aliphatic heterocycles. The number of hydrogen-bond donors (Lipinski definition) is 1. The number of phenolic OH excluding ortho intramolecular Hbond substituents is 1. The largest absolute Gasteiger partial charge is 0.508 e. The average molecular weight is 347 g/mol. The van der Waals surface area contributed by atoms with Gasteiger partial charge < -0.3 is 5.11 Å². The lowest BCUT2D eigenvalue weighted by atomic mass is 9.83. The Kier molecular flexibility index (Phi) is 9.03. The predicted octanol–water partition coefficient (Wildman–Crippen LogP) is 7.74. The molecule has 1 aromatic carbocycles. The highest BCUT2D eigenvalue weighted by atomic mass is 16.3. The van der Waals surface area contributed by atoms with E-state index in [1.807, 2.05) is 6.07 Å². The molecule has 0 fully saturated rings. The number of rotatable bonds is 10. The minimum absolute atomic E-state index is 0.411. The van der Waals surface area contributed by atoms with Crippen molar-refractivity contribution in [1.29, 1.82) is 0 Å². The van der Waals surface area contributed by atoms with E-state index in [4.69, 9.17) is 0 Å². The fraction of sp³-hybridized carbons (Fsp3) is 0.750. The number of hydrogen-bond acceptors (Lipinski definition) is 1. The van der Waals surface area contributed by atoms with Crippen LogP contribution in [0.5, 0.6) is 5.75 Å². The molecule has 0 aliphatic carbocycles. The van der Waals surface area contributed by atoms with E-state index in [0.29, 0.717) is 23.5 Å². The molecule has 1 nitrogen and oxygen atoms in total. The average Bonchev–Trinajstić information content (AvgIpc) is 2.45. The zero-order valence-electron chi connectivity index (χ0n) is 18.0. The zero-order valence-corrected chi connectivity index (χ0v) is 18.0. The number of aromatic hydroxyl groups is 1.